The van der Waals surface area contributed by atoms with E-state index in [1.807, 2.05) is 0 Å². The molecule has 1 amide bonds. The lowest BCUT2D eigenvalue weighted by Crippen LogP contribution is -2.48. The minimum atomic E-state index is -0.977. The summed E-state index contributed by atoms with van der Waals surface area (Å²) >= 11 is 0. The average molecular weight is 254 g/mol. The quantitative estimate of drug-likeness (QED) is 0.709. The molecule has 0 aromatic rings. The molecule has 1 rings (SSSR count). The van der Waals surface area contributed by atoms with Crippen LogP contribution >= 0.6 is 0 Å². The molecule has 1 unspecified atom stereocenters. The van der Waals surface area contributed by atoms with Gasteiger partial charge in [0.15, 0.2) is 6.04 Å². The van der Waals surface area contributed by atoms with Crippen LogP contribution in [0, 0.1) is 0 Å². The van der Waals surface area contributed by atoms with Crippen LogP contribution in [0.4, 0.5) is 4.79 Å². The Balaban J connectivity index is 2.92. The normalized spacial score (nSPS) is 19.2. The predicted molar refractivity (Wildman–Crippen MR) is 65.3 cm³/mol. The molecular weight excluding hydrogens is 236 g/mol. The van der Waals surface area contributed by atoms with Crippen molar-refractivity contribution in [2.45, 2.75) is 32.4 Å². The molecule has 0 spiro atoms. The van der Waals surface area contributed by atoms with Gasteiger partial charge in [0, 0.05) is 11.9 Å². The van der Waals surface area contributed by atoms with Gasteiger partial charge in [0.1, 0.15) is 5.60 Å². The molecule has 1 aliphatic heterocycles. The van der Waals surface area contributed by atoms with Crippen molar-refractivity contribution < 1.29 is 19.1 Å². The number of methoxy groups -OCH3 is 1. The highest BCUT2D eigenvalue weighted by atomic mass is 16.6. The highest BCUT2D eigenvalue weighted by Crippen LogP contribution is 2.18. The van der Waals surface area contributed by atoms with Gasteiger partial charge in [-0.1, -0.05) is 0 Å². The Morgan fingerprint density at radius 3 is 2.50 bits per heavy atom. The van der Waals surface area contributed by atoms with Crippen LogP contribution < -0.4 is 5.73 Å². The summed E-state index contributed by atoms with van der Waals surface area (Å²) in [5, 5.41) is 0. The summed E-state index contributed by atoms with van der Waals surface area (Å²) < 4.78 is 9.82. The maximum absolute atomic E-state index is 12.0. The maximum Gasteiger partial charge on any atom is 0.415 e. The minimum Gasteiger partial charge on any atom is -0.467 e. The summed E-state index contributed by atoms with van der Waals surface area (Å²) in [6, 6.07) is -0.977. The number of rotatable bonds is 1. The number of ether oxygens (including phenoxy) is 2. The van der Waals surface area contributed by atoms with E-state index in [0.717, 1.165) is 4.90 Å². The number of nitrogens with zero attached hydrogens (tertiary/aromatic N) is 1. The summed E-state index contributed by atoms with van der Waals surface area (Å²) in [6.45, 7) is 5.22. The largest absolute Gasteiger partial charge is 0.467 e. The van der Waals surface area contributed by atoms with E-state index in [-0.39, 0.29) is 5.70 Å². The number of hydrogen-bond acceptors (Lipinski definition) is 5. The van der Waals surface area contributed by atoms with Crippen LogP contribution in [-0.4, -0.2) is 35.7 Å². The Morgan fingerprint density at radius 1 is 1.39 bits per heavy atom. The second-order valence-corrected chi connectivity index (χ2v) is 4.82. The van der Waals surface area contributed by atoms with Gasteiger partial charge in [-0.25, -0.2) is 9.59 Å². The van der Waals surface area contributed by atoms with Gasteiger partial charge in [0.05, 0.1) is 7.11 Å². The molecule has 0 aromatic heterocycles. The predicted octanol–water partition coefficient (Wildman–Crippen LogP) is 1.13. The van der Waals surface area contributed by atoms with Crippen molar-refractivity contribution in [1.29, 1.82) is 0 Å². The summed E-state index contributed by atoms with van der Waals surface area (Å²) in [4.78, 5) is 24.7. The van der Waals surface area contributed by atoms with Crippen LogP contribution in [0.5, 0.6) is 0 Å². The topological polar surface area (TPSA) is 81.9 Å². The highest BCUT2D eigenvalue weighted by molar-refractivity contribution is 5.85. The van der Waals surface area contributed by atoms with Crippen molar-refractivity contribution in [3.05, 3.63) is 24.0 Å². The van der Waals surface area contributed by atoms with E-state index < -0.39 is 23.7 Å². The van der Waals surface area contributed by atoms with Gasteiger partial charge >= 0.3 is 12.1 Å². The molecular formula is C12H18N2O4. The molecule has 0 saturated carbocycles. The molecule has 0 fully saturated rings. The SMILES string of the molecule is COC(=O)C1C(N)=CC=CN1C(=O)OC(C)(C)C. The van der Waals surface area contributed by atoms with Crippen LogP contribution in [0.15, 0.2) is 24.0 Å². The number of nitrogens with two attached hydrogens (primary N) is 1. The van der Waals surface area contributed by atoms with Gasteiger partial charge in [-0.05, 0) is 32.9 Å². The zero-order chi connectivity index (χ0) is 13.9. The molecule has 1 heterocycles. The Morgan fingerprint density at radius 2 is 2.00 bits per heavy atom. The van der Waals surface area contributed by atoms with Crippen molar-refractivity contribution in [3.63, 3.8) is 0 Å². The van der Waals surface area contributed by atoms with Gasteiger partial charge in [0.2, 0.25) is 0 Å². The molecule has 100 valence electrons. The fourth-order valence-electron chi connectivity index (χ4n) is 1.43. The molecule has 1 aliphatic rings. The van der Waals surface area contributed by atoms with E-state index in [2.05, 4.69) is 4.74 Å². The third-order valence-electron chi connectivity index (χ3n) is 2.16. The number of esters is 1. The Bertz CT molecular complexity index is 407. The zero-order valence-corrected chi connectivity index (χ0v) is 11.0. The third kappa shape index (κ3) is 3.26. The van der Waals surface area contributed by atoms with Crippen LogP contribution in [0.2, 0.25) is 0 Å². The monoisotopic (exact) mass is 254 g/mol. The number of allylic oxidation sites excluding steroid dienone is 2. The molecule has 2 N–H and O–H groups in total. The number of amides is 1. The molecule has 0 aromatic carbocycles. The molecule has 0 aliphatic carbocycles. The molecule has 0 saturated heterocycles. The second-order valence-electron chi connectivity index (χ2n) is 4.82. The lowest BCUT2D eigenvalue weighted by Gasteiger charge is -2.31. The Labute approximate surface area is 106 Å². The van der Waals surface area contributed by atoms with Gasteiger partial charge in [0.25, 0.3) is 0 Å². The fraction of sp³-hybridized carbons (Fsp3) is 0.500. The summed E-state index contributed by atoms with van der Waals surface area (Å²) in [5.41, 5.74) is 5.29. The molecule has 0 radical (unpaired) electrons. The number of hydrogen-bond donors (Lipinski definition) is 1. The van der Waals surface area contributed by atoms with E-state index in [0.29, 0.717) is 0 Å². The van der Waals surface area contributed by atoms with E-state index in [1.54, 1.807) is 32.9 Å². The minimum absolute atomic E-state index is 0.232. The van der Waals surface area contributed by atoms with Gasteiger partial charge in [-0.3, -0.25) is 4.90 Å². The molecule has 6 nitrogen and oxygen atoms in total. The molecule has 6 heteroatoms. The molecule has 0 bridgehead atoms. The maximum atomic E-state index is 12.0. The van der Waals surface area contributed by atoms with E-state index in [4.69, 9.17) is 10.5 Å². The van der Waals surface area contributed by atoms with E-state index in [1.165, 1.54) is 13.3 Å². The first kappa shape index (κ1) is 14.1. The first-order valence-corrected chi connectivity index (χ1v) is 5.49. The number of carbonyl (C=O) groups excluding carboxylic acids is 2. The molecule has 1 atom stereocenters. The van der Waals surface area contributed by atoms with E-state index in [9.17, 15) is 9.59 Å². The third-order valence-corrected chi connectivity index (χ3v) is 2.16. The van der Waals surface area contributed by atoms with E-state index >= 15 is 0 Å². The lowest BCUT2D eigenvalue weighted by molar-refractivity contribution is -0.144. The highest BCUT2D eigenvalue weighted by Gasteiger charge is 2.35. The summed E-state index contributed by atoms with van der Waals surface area (Å²) in [7, 11) is 1.24. The van der Waals surface area contributed by atoms with Crippen LogP contribution in [0.25, 0.3) is 0 Å². The van der Waals surface area contributed by atoms with Gasteiger partial charge in [-0.2, -0.15) is 0 Å². The standard InChI is InChI=1S/C12H18N2O4/c1-12(2,3)18-11(16)14-7-5-6-8(13)9(14)10(15)17-4/h5-7,9H,13H2,1-4H3. The Kier molecular flexibility index (Phi) is 4.00. The van der Waals surface area contributed by atoms with Crippen molar-refractivity contribution in [1.82, 2.24) is 4.90 Å². The van der Waals surface area contributed by atoms with Crippen molar-refractivity contribution in [3.8, 4) is 0 Å². The smallest absolute Gasteiger partial charge is 0.415 e. The van der Waals surface area contributed by atoms with Crippen molar-refractivity contribution in [2.24, 2.45) is 5.73 Å². The first-order chi connectivity index (χ1) is 8.26. The second kappa shape index (κ2) is 5.12. The van der Waals surface area contributed by atoms with Gasteiger partial charge in [-0.15, -0.1) is 0 Å². The zero-order valence-electron chi connectivity index (χ0n) is 11.0. The average Bonchev–Trinajstić information content (AvgIpc) is 2.25. The van der Waals surface area contributed by atoms with Crippen molar-refractivity contribution in [2.75, 3.05) is 7.11 Å². The Hall–Kier alpha value is -1.98. The molecule has 18 heavy (non-hydrogen) atoms. The van der Waals surface area contributed by atoms with Crippen LogP contribution in [0.1, 0.15) is 20.8 Å². The number of carbonyl (C=O) groups is 2. The van der Waals surface area contributed by atoms with Crippen LogP contribution in [0.3, 0.4) is 0 Å². The van der Waals surface area contributed by atoms with Crippen LogP contribution in [-0.2, 0) is 14.3 Å². The fourth-order valence-corrected chi connectivity index (χ4v) is 1.43. The first-order valence-electron chi connectivity index (χ1n) is 5.49. The summed E-state index contributed by atoms with van der Waals surface area (Å²) in [6.07, 6.45) is 3.90. The lowest BCUT2D eigenvalue weighted by atomic mass is 10.1. The summed E-state index contributed by atoms with van der Waals surface area (Å²) in [5.74, 6) is -0.612. The van der Waals surface area contributed by atoms with Crippen molar-refractivity contribution >= 4 is 12.1 Å². The van der Waals surface area contributed by atoms with Gasteiger partial charge < -0.3 is 15.2 Å².